The maximum absolute atomic E-state index is 5.70. The molecule has 0 N–H and O–H groups in total. The summed E-state index contributed by atoms with van der Waals surface area (Å²) < 4.78 is 8.33. The average molecular weight is 320 g/mol. The predicted octanol–water partition coefficient (Wildman–Crippen LogP) is 2.78. The van der Waals surface area contributed by atoms with Crippen LogP contribution in [-0.2, 0) is 6.54 Å². The minimum atomic E-state index is 0.443. The maximum atomic E-state index is 5.70. The topological polar surface area (TPSA) is 69.6 Å². The van der Waals surface area contributed by atoms with Crippen molar-refractivity contribution in [2.75, 3.05) is 0 Å². The Balaban J connectivity index is 2.04. The van der Waals surface area contributed by atoms with Gasteiger partial charge < -0.3 is 4.42 Å². The number of pyridine rings is 1. The van der Waals surface area contributed by atoms with E-state index in [2.05, 4.69) is 36.2 Å². The molecule has 0 radical (unpaired) electrons. The predicted molar refractivity (Wildman–Crippen MR) is 72.1 cm³/mol. The van der Waals surface area contributed by atoms with E-state index in [4.69, 9.17) is 4.42 Å². The Hall–Kier alpha value is -2.02. The lowest BCUT2D eigenvalue weighted by atomic mass is 10.3. The molecule has 3 heterocycles. The van der Waals surface area contributed by atoms with Crippen LogP contribution < -0.4 is 0 Å². The molecule has 0 atom stereocenters. The number of aryl methyl sites for hydroxylation is 1. The van der Waals surface area contributed by atoms with E-state index in [1.165, 1.54) is 0 Å². The van der Waals surface area contributed by atoms with Gasteiger partial charge in [-0.1, -0.05) is 0 Å². The summed E-state index contributed by atoms with van der Waals surface area (Å²) in [5, 5.41) is 12.4. The molecule has 0 amide bonds. The van der Waals surface area contributed by atoms with E-state index in [1.807, 2.05) is 19.1 Å². The Labute approximate surface area is 117 Å². The van der Waals surface area contributed by atoms with Gasteiger partial charge in [-0.05, 0) is 35.0 Å². The zero-order valence-corrected chi connectivity index (χ0v) is 11.7. The van der Waals surface area contributed by atoms with Crippen molar-refractivity contribution in [2.45, 2.75) is 13.5 Å². The zero-order valence-electron chi connectivity index (χ0n) is 10.1. The highest BCUT2D eigenvalue weighted by molar-refractivity contribution is 9.10. The molecule has 0 unspecified atom stereocenters. The van der Waals surface area contributed by atoms with Crippen LogP contribution in [0.2, 0.25) is 0 Å². The number of aromatic nitrogens is 5. The van der Waals surface area contributed by atoms with Crippen LogP contribution in [0, 0.1) is 0 Å². The molecule has 0 spiro atoms. The van der Waals surface area contributed by atoms with Gasteiger partial charge in [-0.3, -0.25) is 9.67 Å². The Kier molecular flexibility index (Phi) is 3.12. The van der Waals surface area contributed by atoms with Crippen molar-refractivity contribution in [1.29, 1.82) is 0 Å². The minimum Gasteiger partial charge on any atom is -0.415 e. The molecule has 0 aliphatic rings. The van der Waals surface area contributed by atoms with Gasteiger partial charge in [0.15, 0.2) is 0 Å². The van der Waals surface area contributed by atoms with Crippen molar-refractivity contribution in [3.63, 3.8) is 0 Å². The molecule has 3 aromatic heterocycles. The number of hydrogen-bond acceptors (Lipinski definition) is 5. The van der Waals surface area contributed by atoms with Gasteiger partial charge in [-0.2, -0.15) is 5.10 Å². The molecule has 0 aliphatic heterocycles. The van der Waals surface area contributed by atoms with Crippen LogP contribution in [-0.4, -0.2) is 25.0 Å². The lowest BCUT2D eigenvalue weighted by molar-refractivity contribution is 0.566. The van der Waals surface area contributed by atoms with E-state index in [1.54, 1.807) is 23.3 Å². The monoisotopic (exact) mass is 319 g/mol. The summed E-state index contributed by atoms with van der Waals surface area (Å²) in [4.78, 5) is 3.96. The number of nitrogens with zero attached hydrogens (tertiary/aromatic N) is 5. The Morgan fingerprint density at radius 2 is 1.95 bits per heavy atom. The Bertz CT molecular complexity index is 691. The summed E-state index contributed by atoms with van der Waals surface area (Å²) in [5.74, 6) is 0.909. The molecule has 0 fully saturated rings. The second-order valence-corrected chi connectivity index (χ2v) is 4.66. The van der Waals surface area contributed by atoms with Gasteiger partial charge in [0.1, 0.15) is 5.69 Å². The van der Waals surface area contributed by atoms with Crippen LogP contribution in [0.3, 0.4) is 0 Å². The van der Waals surface area contributed by atoms with E-state index >= 15 is 0 Å². The van der Waals surface area contributed by atoms with E-state index < -0.39 is 0 Å². The van der Waals surface area contributed by atoms with Crippen LogP contribution in [0.4, 0.5) is 0 Å². The lowest BCUT2D eigenvalue weighted by Crippen LogP contribution is -1.99. The number of halogens is 1. The molecule has 0 aliphatic carbocycles. The summed E-state index contributed by atoms with van der Waals surface area (Å²) in [7, 11) is 0. The van der Waals surface area contributed by atoms with Gasteiger partial charge in [0.05, 0.1) is 10.7 Å². The fraction of sp³-hybridized carbons (Fsp3) is 0.167. The van der Waals surface area contributed by atoms with Crippen molar-refractivity contribution in [2.24, 2.45) is 0 Å². The molecule has 3 aromatic rings. The minimum absolute atomic E-state index is 0.443. The lowest BCUT2D eigenvalue weighted by Gasteiger charge is -2.00. The summed E-state index contributed by atoms with van der Waals surface area (Å²) in [6, 6.07) is 3.65. The fourth-order valence-electron chi connectivity index (χ4n) is 1.74. The van der Waals surface area contributed by atoms with Gasteiger partial charge in [-0.25, -0.2) is 0 Å². The highest BCUT2D eigenvalue weighted by atomic mass is 79.9. The smallest absolute Gasteiger partial charge is 0.267 e. The first-order chi connectivity index (χ1) is 9.29. The van der Waals surface area contributed by atoms with E-state index in [0.717, 1.165) is 22.3 Å². The zero-order chi connectivity index (χ0) is 13.2. The van der Waals surface area contributed by atoms with E-state index in [-0.39, 0.29) is 0 Å². The standard InChI is InChI=1S/C12H10BrN5O/c1-2-18-10(9(13)7-15-18)12-17-16-11(19-12)8-3-5-14-6-4-8/h3-7H,2H2,1H3. The summed E-state index contributed by atoms with van der Waals surface area (Å²) in [6.45, 7) is 2.73. The Morgan fingerprint density at radius 1 is 1.21 bits per heavy atom. The van der Waals surface area contributed by atoms with Crippen molar-refractivity contribution in [1.82, 2.24) is 25.0 Å². The van der Waals surface area contributed by atoms with Gasteiger partial charge in [0.2, 0.25) is 5.89 Å². The first kappa shape index (κ1) is 12.0. The number of hydrogen-bond donors (Lipinski definition) is 0. The quantitative estimate of drug-likeness (QED) is 0.742. The molecule has 96 valence electrons. The van der Waals surface area contributed by atoms with Crippen LogP contribution in [0.5, 0.6) is 0 Å². The van der Waals surface area contributed by atoms with Crippen LogP contribution in [0.15, 0.2) is 39.6 Å². The maximum Gasteiger partial charge on any atom is 0.267 e. The molecule has 0 saturated heterocycles. The molecule has 0 saturated carbocycles. The normalized spacial score (nSPS) is 10.8. The average Bonchev–Trinajstić information content (AvgIpc) is 3.05. The van der Waals surface area contributed by atoms with Gasteiger partial charge in [0.25, 0.3) is 5.89 Å². The summed E-state index contributed by atoms with van der Waals surface area (Å²) >= 11 is 3.44. The van der Waals surface area contributed by atoms with Crippen molar-refractivity contribution >= 4 is 15.9 Å². The third-order valence-corrected chi connectivity index (χ3v) is 3.23. The van der Waals surface area contributed by atoms with Gasteiger partial charge in [-0.15, -0.1) is 10.2 Å². The molecule has 0 aromatic carbocycles. The van der Waals surface area contributed by atoms with Crippen molar-refractivity contribution in [3.05, 3.63) is 35.2 Å². The van der Waals surface area contributed by atoms with Gasteiger partial charge >= 0.3 is 0 Å². The molecule has 19 heavy (non-hydrogen) atoms. The summed E-state index contributed by atoms with van der Waals surface area (Å²) in [6.07, 6.45) is 5.09. The third kappa shape index (κ3) is 2.17. The van der Waals surface area contributed by atoms with E-state index in [9.17, 15) is 0 Å². The van der Waals surface area contributed by atoms with Crippen LogP contribution >= 0.6 is 15.9 Å². The second-order valence-electron chi connectivity index (χ2n) is 3.81. The number of rotatable bonds is 3. The van der Waals surface area contributed by atoms with Crippen LogP contribution in [0.25, 0.3) is 23.0 Å². The molecular formula is C12H10BrN5O. The molecule has 7 heteroatoms. The summed E-state index contributed by atoms with van der Waals surface area (Å²) in [5.41, 5.74) is 1.63. The molecule has 3 rings (SSSR count). The molecular weight excluding hydrogens is 310 g/mol. The van der Waals surface area contributed by atoms with E-state index in [0.29, 0.717) is 11.8 Å². The second kappa shape index (κ2) is 4.93. The van der Waals surface area contributed by atoms with Crippen molar-refractivity contribution < 1.29 is 4.42 Å². The Morgan fingerprint density at radius 3 is 2.68 bits per heavy atom. The van der Waals surface area contributed by atoms with Gasteiger partial charge in [0, 0.05) is 24.5 Å². The third-order valence-electron chi connectivity index (χ3n) is 2.65. The fourth-order valence-corrected chi connectivity index (χ4v) is 2.21. The first-order valence-electron chi connectivity index (χ1n) is 5.75. The highest BCUT2D eigenvalue weighted by Gasteiger charge is 2.17. The molecule has 0 bridgehead atoms. The van der Waals surface area contributed by atoms with Crippen molar-refractivity contribution in [3.8, 4) is 23.0 Å². The first-order valence-corrected chi connectivity index (χ1v) is 6.54. The SMILES string of the molecule is CCn1ncc(Br)c1-c1nnc(-c2ccncc2)o1. The van der Waals surface area contributed by atoms with Crippen LogP contribution in [0.1, 0.15) is 6.92 Å². The highest BCUT2D eigenvalue weighted by Crippen LogP contribution is 2.29. The molecule has 6 nitrogen and oxygen atoms in total. The largest absolute Gasteiger partial charge is 0.415 e.